The summed E-state index contributed by atoms with van der Waals surface area (Å²) >= 11 is 0. The summed E-state index contributed by atoms with van der Waals surface area (Å²) < 4.78 is 33.9. The number of hydrogen-bond donors (Lipinski definition) is 0. The Morgan fingerprint density at radius 2 is 1.90 bits per heavy atom. The first kappa shape index (κ1) is 16.0. The summed E-state index contributed by atoms with van der Waals surface area (Å²) in [5.74, 6) is -0.179. The molecule has 116 valence electrons. The van der Waals surface area contributed by atoms with Crippen LogP contribution in [0.25, 0.3) is 0 Å². The average Bonchev–Trinajstić information content (AvgIpc) is 2.37. The van der Waals surface area contributed by atoms with Gasteiger partial charge in [-0.05, 0) is 31.2 Å². The SMILES string of the molecule is CCOC(=O)CC1CC(OS(=O)(=O)Cc2ccccc2)C1. The largest absolute Gasteiger partial charge is 0.466 e. The molecule has 0 spiro atoms. The number of carbonyl (C=O) groups excluding carboxylic acids is 1. The van der Waals surface area contributed by atoms with Gasteiger partial charge in [0.2, 0.25) is 0 Å². The van der Waals surface area contributed by atoms with Gasteiger partial charge in [0.1, 0.15) is 5.75 Å². The van der Waals surface area contributed by atoms with Crippen LogP contribution in [-0.2, 0) is 29.6 Å². The third-order valence-corrected chi connectivity index (χ3v) is 4.67. The van der Waals surface area contributed by atoms with Gasteiger partial charge in [-0.3, -0.25) is 8.98 Å². The first-order valence-electron chi connectivity index (χ1n) is 7.09. The van der Waals surface area contributed by atoms with E-state index in [0.717, 1.165) is 0 Å². The molecular formula is C15H20O5S. The van der Waals surface area contributed by atoms with E-state index in [0.29, 0.717) is 31.4 Å². The van der Waals surface area contributed by atoms with Gasteiger partial charge in [0.25, 0.3) is 10.1 Å². The molecule has 0 amide bonds. The first-order valence-corrected chi connectivity index (χ1v) is 8.66. The highest BCUT2D eigenvalue weighted by molar-refractivity contribution is 7.85. The second kappa shape index (κ2) is 7.04. The molecule has 1 aromatic carbocycles. The molecule has 0 aliphatic heterocycles. The Bertz CT molecular complexity index is 561. The normalized spacial score (nSPS) is 21.6. The molecule has 5 nitrogen and oxygen atoms in total. The molecule has 1 aliphatic carbocycles. The van der Waals surface area contributed by atoms with E-state index in [1.807, 2.05) is 6.07 Å². The molecule has 0 unspecified atom stereocenters. The molecule has 2 rings (SSSR count). The first-order chi connectivity index (χ1) is 9.98. The molecule has 1 aliphatic rings. The number of ether oxygens (including phenoxy) is 1. The lowest BCUT2D eigenvalue weighted by atomic mass is 9.80. The van der Waals surface area contributed by atoms with Crippen molar-refractivity contribution in [1.29, 1.82) is 0 Å². The smallest absolute Gasteiger partial charge is 0.306 e. The molecule has 0 N–H and O–H groups in total. The van der Waals surface area contributed by atoms with Crippen molar-refractivity contribution in [1.82, 2.24) is 0 Å². The van der Waals surface area contributed by atoms with Crippen molar-refractivity contribution >= 4 is 16.1 Å². The van der Waals surface area contributed by atoms with E-state index >= 15 is 0 Å². The predicted octanol–water partition coefficient (Wildman–Crippen LogP) is 2.26. The lowest BCUT2D eigenvalue weighted by molar-refractivity contribution is -0.145. The van der Waals surface area contributed by atoms with E-state index in [1.54, 1.807) is 31.2 Å². The molecule has 1 fully saturated rings. The Morgan fingerprint density at radius 1 is 1.24 bits per heavy atom. The van der Waals surface area contributed by atoms with Crippen LogP contribution in [0.1, 0.15) is 31.7 Å². The van der Waals surface area contributed by atoms with Crippen molar-refractivity contribution in [3.8, 4) is 0 Å². The van der Waals surface area contributed by atoms with Gasteiger partial charge in [-0.25, -0.2) is 0 Å². The predicted molar refractivity (Wildman–Crippen MR) is 77.9 cm³/mol. The quantitative estimate of drug-likeness (QED) is 0.570. The van der Waals surface area contributed by atoms with Crippen molar-refractivity contribution in [3.63, 3.8) is 0 Å². The highest BCUT2D eigenvalue weighted by Crippen LogP contribution is 2.34. The van der Waals surface area contributed by atoms with Crippen molar-refractivity contribution in [2.24, 2.45) is 5.92 Å². The molecule has 6 heteroatoms. The molecule has 1 saturated carbocycles. The van der Waals surface area contributed by atoms with E-state index in [1.165, 1.54) is 0 Å². The van der Waals surface area contributed by atoms with E-state index in [9.17, 15) is 13.2 Å². The van der Waals surface area contributed by atoms with Crippen LogP contribution in [0.15, 0.2) is 30.3 Å². The van der Waals surface area contributed by atoms with Gasteiger partial charge in [-0.1, -0.05) is 30.3 Å². The van der Waals surface area contributed by atoms with Crippen LogP contribution in [0.3, 0.4) is 0 Å². The molecule has 0 atom stereocenters. The standard InChI is InChI=1S/C15H20O5S/c1-2-19-15(16)10-13-8-14(9-13)20-21(17,18)11-12-6-4-3-5-7-12/h3-7,13-14H,2,8-11H2,1H3. The number of hydrogen-bond acceptors (Lipinski definition) is 5. The summed E-state index contributed by atoms with van der Waals surface area (Å²) in [6.07, 6.45) is 1.21. The van der Waals surface area contributed by atoms with Crippen LogP contribution in [-0.4, -0.2) is 27.1 Å². The van der Waals surface area contributed by atoms with Crippen LogP contribution < -0.4 is 0 Å². The van der Waals surface area contributed by atoms with E-state index < -0.39 is 10.1 Å². The lowest BCUT2D eigenvalue weighted by Gasteiger charge is -2.33. The molecule has 21 heavy (non-hydrogen) atoms. The number of rotatable bonds is 7. The molecular weight excluding hydrogens is 292 g/mol. The third kappa shape index (κ3) is 5.13. The zero-order chi connectivity index (χ0) is 15.3. The maximum absolute atomic E-state index is 11.9. The summed E-state index contributed by atoms with van der Waals surface area (Å²) in [5, 5.41) is 0. The second-order valence-electron chi connectivity index (χ2n) is 5.25. The number of benzene rings is 1. The van der Waals surface area contributed by atoms with Gasteiger partial charge in [-0.2, -0.15) is 8.42 Å². The molecule has 1 aromatic rings. The molecule has 0 bridgehead atoms. The van der Waals surface area contributed by atoms with Gasteiger partial charge in [0.05, 0.1) is 12.7 Å². The Morgan fingerprint density at radius 3 is 2.52 bits per heavy atom. The topological polar surface area (TPSA) is 69.7 Å². The van der Waals surface area contributed by atoms with Crippen LogP contribution in [0.4, 0.5) is 0 Å². The maximum Gasteiger partial charge on any atom is 0.306 e. The molecule has 0 heterocycles. The Labute approximate surface area is 125 Å². The highest BCUT2D eigenvalue weighted by Gasteiger charge is 2.35. The highest BCUT2D eigenvalue weighted by atomic mass is 32.2. The maximum atomic E-state index is 11.9. The Hall–Kier alpha value is -1.40. The van der Waals surface area contributed by atoms with Crippen LogP contribution in [0.5, 0.6) is 0 Å². The number of esters is 1. The van der Waals surface area contributed by atoms with Gasteiger partial charge in [0, 0.05) is 6.42 Å². The van der Waals surface area contributed by atoms with Gasteiger partial charge < -0.3 is 4.74 Å². The monoisotopic (exact) mass is 312 g/mol. The minimum Gasteiger partial charge on any atom is -0.466 e. The molecule has 0 saturated heterocycles. The van der Waals surface area contributed by atoms with Crippen LogP contribution in [0.2, 0.25) is 0 Å². The van der Waals surface area contributed by atoms with Crippen molar-refractivity contribution < 1.29 is 22.1 Å². The summed E-state index contributed by atoms with van der Waals surface area (Å²) in [7, 11) is -3.57. The summed E-state index contributed by atoms with van der Waals surface area (Å²) in [4.78, 5) is 11.3. The summed E-state index contributed by atoms with van der Waals surface area (Å²) in [6, 6.07) is 8.94. The molecule has 0 aromatic heterocycles. The van der Waals surface area contributed by atoms with E-state index in [-0.39, 0.29) is 23.7 Å². The van der Waals surface area contributed by atoms with Crippen LogP contribution >= 0.6 is 0 Å². The Balaban J connectivity index is 1.75. The fourth-order valence-electron chi connectivity index (χ4n) is 2.40. The van der Waals surface area contributed by atoms with Crippen LogP contribution in [0, 0.1) is 5.92 Å². The minimum absolute atomic E-state index is 0.118. The Kier molecular flexibility index (Phi) is 5.36. The fraction of sp³-hybridized carbons (Fsp3) is 0.533. The summed E-state index contributed by atoms with van der Waals surface area (Å²) in [6.45, 7) is 2.14. The average molecular weight is 312 g/mol. The van der Waals surface area contributed by atoms with Gasteiger partial charge in [0.15, 0.2) is 0 Å². The minimum atomic E-state index is -3.57. The van der Waals surface area contributed by atoms with Crippen molar-refractivity contribution in [3.05, 3.63) is 35.9 Å². The summed E-state index contributed by atoms with van der Waals surface area (Å²) in [5.41, 5.74) is 0.708. The van der Waals surface area contributed by atoms with Crippen molar-refractivity contribution in [2.75, 3.05) is 6.61 Å². The zero-order valence-corrected chi connectivity index (χ0v) is 12.8. The zero-order valence-electron chi connectivity index (χ0n) is 12.0. The number of carbonyl (C=O) groups is 1. The fourth-order valence-corrected chi connectivity index (χ4v) is 3.64. The third-order valence-electron chi connectivity index (χ3n) is 3.42. The molecule has 0 radical (unpaired) electrons. The second-order valence-corrected chi connectivity index (χ2v) is 6.85. The van der Waals surface area contributed by atoms with Gasteiger partial charge in [-0.15, -0.1) is 0 Å². The van der Waals surface area contributed by atoms with Gasteiger partial charge >= 0.3 is 5.97 Å². The lowest BCUT2D eigenvalue weighted by Crippen LogP contribution is -2.35. The van der Waals surface area contributed by atoms with E-state index in [4.69, 9.17) is 8.92 Å². The van der Waals surface area contributed by atoms with Crippen molar-refractivity contribution in [2.45, 2.75) is 38.0 Å². The van der Waals surface area contributed by atoms with E-state index in [2.05, 4.69) is 0 Å².